The molecule has 0 saturated heterocycles. The van der Waals surface area contributed by atoms with Crippen LogP contribution in [0.25, 0.3) is 0 Å². The average Bonchev–Trinajstić information content (AvgIpc) is 2.50. The Kier molecular flexibility index (Phi) is 5.03. The maximum atomic E-state index is 11.7. The number of aryl methyl sites for hydroxylation is 2. The average molecular weight is 295 g/mol. The van der Waals surface area contributed by atoms with E-state index in [1.54, 1.807) is 24.3 Å². The summed E-state index contributed by atoms with van der Waals surface area (Å²) in [5.74, 6) is -0.456. The fourth-order valence-electron chi connectivity index (χ4n) is 1.72. The number of carbonyl (C=O) groups excluding carboxylic acids is 2. The van der Waals surface area contributed by atoms with Crippen LogP contribution in [-0.2, 0) is 4.79 Å². The van der Waals surface area contributed by atoms with Crippen molar-refractivity contribution in [3.05, 3.63) is 59.7 Å². The molecule has 0 atom stereocenters. The number of anilines is 2. The van der Waals surface area contributed by atoms with Crippen LogP contribution in [0, 0.1) is 13.8 Å². The molecule has 5 nitrogen and oxygen atoms in total. The molecule has 0 heterocycles. The van der Waals surface area contributed by atoms with Gasteiger partial charge in [0.15, 0.2) is 0 Å². The third-order valence-electron chi connectivity index (χ3n) is 2.92. The number of amides is 3. The molecule has 0 spiro atoms. The minimum absolute atomic E-state index is 0.456. The van der Waals surface area contributed by atoms with Gasteiger partial charge in [0, 0.05) is 11.4 Å². The fraction of sp³-hybridized carbons (Fsp3) is 0.118. The van der Waals surface area contributed by atoms with Crippen LogP contribution in [0.1, 0.15) is 11.1 Å². The molecule has 0 fully saturated rings. The quantitative estimate of drug-likeness (QED) is 0.850. The van der Waals surface area contributed by atoms with Crippen molar-refractivity contribution in [3.63, 3.8) is 0 Å². The first kappa shape index (κ1) is 15.4. The molecule has 0 bridgehead atoms. The topological polar surface area (TPSA) is 70.6 Å². The first-order valence-electron chi connectivity index (χ1n) is 6.82. The van der Waals surface area contributed by atoms with Gasteiger partial charge in [-0.2, -0.15) is 4.99 Å². The van der Waals surface area contributed by atoms with Crippen molar-refractivity contribution in [2.75, 3.05) is 10.6 Å². The molecule has 5 heteroatoms. The van der Waals surface area contributed by atoms with Gasteiger partial charge < -0.3 is 10.6 Å². The number of aliphatic imine (C=N–C) groups is 1. The first-order valence-corrected chi connectivity index (χ1v) is 6.82. The van der Waals surface area contributed by atoms with Crippen molar-refractivity contribution in [2.45, 2.75) is 13.8 Å². The van der Waals surface area contributed by atoms with Crippen LogP contribution in [0.3, 0.4) is 0 Å². The van der Waals surface area contributed by atoms with Crippen LogP contribution in [-0.4, -0.2) is 18.2 Å². The molecule has 0 radical (unpaired) electrons. The summed E-state index contributed by atoms with van der Waals surface area (Å²) in [6.07, 6.45) is 0.962. The number of urea groups is 1. The minimum atomic E-state index is -0.595. The van der Waals surface area contributed by atoms with Crippen molar-refractivity contribution >= 4 is 29.5 Å². The maximum Gasteiger partial charge on any atom is 0.345 e. The van der Waals surface area contributed by atoms with E-state index in [9.17, 15) is 9.59 Å². The van der Waals surface area contributed by atoms with Crippen molar-refractivity contribution in [3.8, 4) is 0 Å². The predicted molar refractivity (Wildman–Crippen MR) is 88.5 cm³/mol. The highest BCUT2D eigenvalue weighted by atomic mass is 16.2. The standard InChI is InChI=1S/C17H17N3O2/c1-12-3-7-14(8-4-12)19-16(21)11-18-17(22)20-15-9-5-13(2)6-10-15/h3-11H,1-2H3,(H,19,21)(H,20,22). The molecule has 2 rings (SSSR count). The van der Waals surface area contributed by atoms with Crippen molar-refractivity contribution in [2.24, 2.45) is 4.99 Å². The highest BCUT2D eigenvalue weighted by molar-refractivity contribution is 6.33. The van der Waals surface area contributed by atoms with Crippen LogP contribution in [0.2, 0.25) is 0 Å². The highest BCUT2D eigenvalue weighted by Crippen LogP contribution is 2.09. The zero-order valence-corrected chi connectivity index (χ0v) is 12.5. The number of rotatable bonds is 3. The molecule has 2 aromatic carbocycles. The van der Waals surface area contributed by atoms with Gasteiger partial charge in [0.2, 0.25) is 0 Å². The highest BCUT2D eigenvalue weighted by Gasteiger charge is 2.02. The summed E-state index contributed by atoms with van der Waals surface area (Å²) in [4.78, 5) is 26.8. The molecule has 0 aliphatic heterocycles. The summed E-state index contributed by atoms with van der Waals surface area (Å²) in [5, 5.41) is 5.21. The molecule has 0 unspecified atom stereocenters. The molecule has 2 N–H and O–H groups in total. The van der Waals surface area contributed by atoms with E-state index in [0.29, 0.717) is 11.4 Å². The molecular formula is C17H17N3O2. The molecule has 0 aliphatic rings. The number of hydrogen-bond acceptors (Lipinski definition) is 2. The Morgan fingerprint density at radius 1 is 0.818 bits per heavy atom. The minimum Gasteiger partial charge on any atom is -0.321 e. The lowest BCUT2D eigenvalue weighted by Gasteiger charge is -2.03. The van der Waals surface area contributed by atoms with Gasteiger partial charge in [0.1, 0.15) is 0 Å². The molecule has 2 aromatic rings. The van der Waals surface area contributed by atoms with Crippen molar-refractivity contribution in [1.82, 2.24) is 0 Å². The molecule has 22 heavy (non-hydrogen) atoms. The van der Waals surface area contributed by atoms with Gasteiger partial charge in [-0.25, -0.2) is 4.79 Å². The Morgan fingerprint density at radius 3 is 1.77 bits per heavy atom. The van der Waals surface area contributed by atoms with Crippen LogP contribution in [0.5, 0.6) is 0 Å². The fourth-order valence-corrected chi connectivity index (χ4v) is 1.72. The zero-order chi connectivity index (χ0) is 15.9. The van der Waals surface area contributed by atoms with E-state index in [4.69, 9.17) is 0 Å². The van der Waals surface area contributed by atoms with Gasteiger partial charge in [-0.15, -0.1) is 0 Å². The van der Waals surface area contributed by atoms with E-state index in [2.05, 4.69) is 15.6 Å². The summed E-state index contributed by atoms with van der Waals surface area (Å²) in [7, 11) is 0. The third kappa shape index (κ3) is 4.86. The smallest absolute Gasteiger partial charge is 0.321 e. The lowest BCUT2D eigenvalue weighted by Crippen LogP contribution is -2.15. The maximum absolute atomic E-state index is 11.7. The summed E-state index contributed by atoms with van der Waals surface area (Å²) >= 11 is 0. The van der Waals surface area contributed by atoms with Gasteiger partial charge >= 0.3 is 6.03 Å². The van der Waals surface area contributed by atoms with Crippen molar-refractivity contribution < 1.29 is 9.59 Å². The largest absolute Gasteiger partial charge is 0.345 e. The van der Waals surface area contributed by atoms with E-state index in [0.717, 1.165) is 17.3 Å². The second kappa shape index (κ2) is 7.17. The van der Waals surface area contributed by atoms with E-state index in [-0.39, 0.29) is 0 Å². The summed E-state index contributed by atoms with van der Waals surface area (Å²) in [6.45, 7) is 3.92. The Bertz CT molecular complexity index is 627. The first-order chi connectivity index (χ1) is 10.5. The molecule has 0 aliphatic carbocycles. The van der Waals surface area contributed by atoms with Crippen molar-refractivity contribution in [1.29, 1.82) is 0 Å². The van der Waals surface area contributed by atoms with E-state index in [1.165, 1.54) is 0 Å². The second-order valence-electron chi connectivity index (χ2n) is 4.91. The van der Waals surface area contributed by atoms with Crippen LogP contribution < -0.4 is 10.6 Å². The Labute approximate surface area is 129 Å². The summed E-state index contributed by atoms with van der Waals surface area (Å²) in [6, 6.07) is 14.1. The van der Waals surface area contributed by atoms with Crippen LogP contribution >= 0.6 is 0 Å². The van der Waals surface area contributed by atoms with Gasteiger partial charge in [0.25, 0.3) is 5.91 Å². The summed E-state index contributed by atoms with van der Waals surface area (Å²) < 4.78 is 0. The van der Waals surface area contributed by atoms with Gasteiger partial charge in [-0.3, -0.25) is 4.79 Å². The second-order valence-corrected chi connectivity index (χ2v) is 4.91. The molecule has 112 valence electrons. The lowest BCUT2D eigenvalue weighted by atomic mass is 10.2. The number of carbonyl (C=O) groups is 2. The predicted octanol–water partition coefficient (Wildman–Crippen LogP) is 3.54. The lowest BCUT2D eigenvalue weighted by molar-refractivity contribution is -0.109. The van der Waals surface area contributed by atoms with Gasteiger partial charge in [-0.1, -0.05) is 35.4 Å². The molecule has 3 amide bonds. The van der Waals surface area contributed by atoms with Gasteiger partial charge in [-0.05, 0) is 38.1 Å². The van der Waals surface area contributed by atoms with Crippen LogP contribution in [0.15, 0.2) is 53.5 Å². The number of hydrogen-bond donors (Lipinski definition) is 2. The van der Waals surface area contributed by atoms with Gasteiger partial charge in [0.05, 0.1) is 6.21 Å². The van der Waals surface area contributed by atoms with E-state index < -0.39 is 11.9 Å². The Hall–Kier alpha value is -2.95. The Balaban J connectivity index is 1.87. The molecular weight excluding hydrogens is 278 g/mol. The summed E-state index contributed by atoms with van der Waals surface area (Å²) in [5.41, 5.74) is 3.48. The van der Waals surface area contributed by atoms with E-state index in [1.807, 2.05) is 38.1 Å². The SMILES string of the molecule is Cc1ccc(NC(=O)C=NC(=O)Nc2ccc(C)cc2)cc1. The normalized spacial score (nSPS) is 10.5. The number of nitrogens with one attached hydrogen (secondary N) is 2. The van der Waals surface area contributed by atoms with Crippen LogP contribution in [0.4, 0.5) is 16.2 Å². The zero-order valence-electron chi connectivity index (χ0n) is 12.5. The number of nitrogens with zero attached hydrogens (tertiary/aromatic N) is 1. The Morgan fingerprint density at radius 2 is 1.27 bits per heavy atom. The van der Waals surface area contributed by atoms with E-state index >= 15 is 0 Å². The molecule has 0 saturated carbocycles. The third-order valence-corrected chi connectivity index (χ3v) is 2.92. The number of benzene rings is 2. The molecule has 0 aromatic heterocycles. The monoisotopic (exact) mass is 295 g/mol.